The van der Waals surface area contributed by atoms with E-state index in [0.29, 0.717) is 23.1 Å². The van der Waals surface area contributed by atoms with Crippen LogP contribution in [0.4, 0.5) is 4.39 Å². The number of halogens is 1. The largest absolute Gasteiger partial charge is 0.465 e. The maximum absolute atomic E-state index is 13.7. The van der Waals surface area contributed by atoms with E-state index >= 15 is 0 Å². The van der Waals surface area contributed by atoms with E-state index < -0.39 is 5.97 Å². The molecule has 2 atom stereocenters. The molecule has 0 aromatic heterocycles. The molecule has 24 heavy (non-hydrogen) atoms. The Morgan fingerprint density at radius 1 is 1.17 bits per heavy atom. The zero-order chi connectivity index (χ0) is 17.1. The summed E-state index contributed by atoms with van der Waals surface area (Å²) in [5.41, 5.74) is 1.67. The fraction of sp³-hybridized carbons (Fsp3) is 0.263. The van der Waals surface area contributed by atoms with Crippen LogP contribution in [-0.2, 0) is 20.9 Å². The first-order valence-corrected chi connectivity index (χ1v) is 7.68. The number of hydrogen-bond acceptors (Lipinski definition) is 4. The Balaban J connectivity index is 1.58. The number of esters is 2. The number of hydrogen-bond donors (Lipinski definition) is 0. The van der Waals surface area contributed by atoms with Crippen molar-refractivity contribution in [2.45, 2.75) is 18.9 Å². The molecule has 1 aliphatic carbocycles. The van der Waals surface area contributed by atoms with Crippen LogP contribution in [0.25, 0.3) is 0 Å². The number of rotatable bonds is 5. The van der Waals surface area contributed by atoms with Crippen molar-refractivity contribution in [3.63, 3.8) is 0 Å². The second kappa shape index (κ2) is 6.83. The second-order valence-electron chi connectivity index (χ2n) is 5.77. The average molecular weight is 328 g/mol. The lowest BCUT2D eigenvalue weighted by atomic mass is 10.1. The van der Waals surface area contributed by atoms with Crippen molar-refractivity contribution in [1.29, 1.82) is 0 Å². The van der Waals surface area contributed by atoms with Crippen molar-refractivity contribution in [2.24, 2.45) is 5.92 Å². The van der Waals surface area contributed by atoms with Gasteiger partial charge in [-0.15, -0.1) is 0 Å². The predicted molar refractivity (Wildman–Crippen MR) is 84.8 cm³/mol. The summed E-state index contributed by atoms with van der Waals surface area (Å²) in [6, 6.07) is 13.2. The molecule has 4 nitrogen and oxygen atoms in total. The Morgan fingerprint density at radius 3 is 2.71 bits per heavy atom. The molecule has 1 fully saturated rings. The van der Waals surface area contributed by atoms with Gasteiger partial charge in [0.2, 0.25) is 0 Å². The summed E-state index contributed by atoms with van der Waals surface area (Å²) >= 11 is 0. The molecule has 0 radical (unpaired) electrons. The van der Waals surface area contributed by atoms with Gasteiger partial charge < -0.3 is 9.47 Å². The maximum atomic E-state index is 13.7. The van der Waals surface area contributed by atoms with Crippen LogP contribution < -0.4 is 0 Å². The van der Waals surface area contributed by atoms with Gasteiger partial charge in [-0.1, -0.05) is 30.3 Å². The Morgan fingerprint density at radius 2 is 1.96 bits per heavy atom. The molecule has 0 unspecified atom stereocenters. The Hall–Kier alpha value is -2.69. The normalized spacial score (nSPS) is 18.8. The van der Waals surface area contributed by atoms with Crippen LogP contribution in [0.3, 0.4) is 0 Å². The lowest BCUT2D eigenvalue weighted by Gasteiger charge is -2.07. The zero-order valence-corrected chi connectivity index (χ0v) is 13.2. The summed E-state index contributed by atoms with van der Waals surface area (Å²) < 4.78 is 23.7. The molecular formula is C19H17FO4. The predicted octanol–water partition coefficient (Wildman–Crippen LogP) is 3.46. The minimum Gasteiger partial charge on any atom is -0.465 e. The van der Waals surface area contributed by atoms with E-state index in [1.54, 1.807) is 42.5 Å². The summed E-state index contributed by atoms with van der Waals surface area (Å²) in [6.07, 6.45) is 0.599. The Bertz CT molecular complexity index is 771. The van der Waals surface area contributed by atoms with Crippen LogP contribution in [0, 0.1) is 11.7 Å². The van der Waals surface area contributed by atoms with E-state index in [1.807, 2.05) is 0 Å². The first kappa shape index (κ1) is 16.2. The molecule has 2 aromatic carbocycles. The molecule has 0 amide bonds. The van der Waals surface area contributed by atoms with Gasteiger partial charge >= 0.3 is 11.9 Å². The Kier molecular flexibility index (Phi) is 4.60. The number of ether oxygens (including phenoxy) is 2. The summed E-state index contributed by atoms with van der Waals surface area (Å²) in [5.74, 6) is -1.48. The van der Waals surface area contributed by atoms with Crippen molar-refractivity contribution in [1.82, 2.24) is 0 Å². The number of carbonyl (C=O) groups excluding carboxylic acids is 2. The molecule has 124 valence electrons. The average Bonchev–Trinajstić information content (AvgIpc) is 3.40. The van der Waals surface area contributed by atoms with Crippen molar-refractivity contribution in [3.05, 3.63) is 71.0 Å². The van der Waals surface area contributed by atoms with Crippen LogP contribution in [0.15, 0.2) is 48.5 Å². The van der Waals surface area contributed by atoms with E-state index in [4.69, 9.17) is 4.74 Å². The molecule has 1 aliphatic rings. The summed E-state index contributed by atoms with van der Waals surface area (Å²) in [5, 5.41) is 0. The highest BCUT2D eigenvalue weighted by Crippen LogP contribution is 2.48. The van der Waals surface area contributed by atoms with Crippen molar-refractivity contribution in [2.75, 3.05) is 7.11 Å². The van der Waals surface area contributed by atoms with E-state index in [0.717, 1.165) is 0 Å². The molecule has 1 saturated carbocycles. The lowest BCUT2D eigenvalue weighted by molar-refractivity contribution is -0.146. The maximum Gasteiger partial charge on any atom is 0.337 e. The monoisotopic (exact) mass is 328 g/mol. The number of benzene rings is 2. The van der Waals surface area contributed by atoms with Gasteiger partial charge in [0.1, 0.15) is 12.4 Å². The molecule has 0 aliphatic heterocycles. The molecular weight excluding hydrogens is 311 g/mol. The highest BCUT2D eigenvalue weighted by atomic mass is 19.1. The van der Waals surface area contributed by atoms with Gasteiger partial charge in [0.15, 0.2) is 0 Å². The third-order valence-corrected chi connectivity index (χ3v) is 4.13. The molecule has 0 heterocycles. The first-order valence-electron chi connectivity index (χ1n) is 7.68. The first-order chi connectivity index (χ1) is 11.6. The lowest BCUT2D eigenvalue weighted by Crippen LogP contribution is -2.09. The van der Waals surface area contributed by atoms with Gasteiger partial charge in [-0.25, -0.2) is 9.18 Å². The van der Waals surface area contributed by atoms with Gasteiger partial charge in [0.05, 0.1) is 18.6 Å². The van der Waals surface area contributed by atoms with Gasteiger partial charge in [0.25, 0.3) is 0 Å². The number of carbonyl (C=O) groups is 2. The highest BCUT2D eigenvalue weighted by molar-refractivity contribution is 5.89. The van der Waals surface area contributed by atoms with Crippen LogP contribution >= 0.6 is 0 Å². The van der Waals surface area contributed by atoms with Crippen LogP contribution in [0.1, 0.15) is 33.8 Å². The highest BCUT2D eigenvalue weighted by Gasteiger charge is 2.46. The fourth-order valence-electron chi connectivity index (χ4n) is 2.74. The topological polar surface area (TPSA) is 52.6 Å². The standard InChI is InChI=1S/C19H17FO4/c1-23-18(21)13-6-4-5-12(9-13)11-24-19(22)16-10-15(16)14-7-2-3-8-17(14)20/h2-9,15-16H,10-11H2,1H3/t15-,16-/m1/s1. The second-order valence-corrected chi connectivity index (χ2v) is 5.77. The van der Waals surface area contributed by atoms with Crippen molar-refractivity contribution in [3.8, 4) is 0 Å². The third-order valence-electron chi connectivity index (χ3n) is 4.13. The fourth-order valence-corrected chi connectivity index (χ4v) is 2.74. The van der Waals surface area contributed by atoms with E-state index in [1.165, 1.54) is 13.2 Å². The van der Waals surface area contributed by atoms with Gasteiger partial charge in [0, 0.05) is 5.92 Å². The van der Waals surface area contributed by atoms with Crippen LogP contribution in [0.2, 0.25) is 0 Å². The molecule has 5 heteroatoms. The third kappa shape index (κ3) is 3.45. The van der Waals surface area contributed by atoms with Crippen molar-refractivity contribution >= 4 is 11.9 Å². The minimum atomic E-state index is -0.440. The zero-order valence-electron chi connectivity index (χ0n) is 13.2. The molecule has 0 bridgehead atoms. The molecule has 0 saturated heterocycles. The van der Waals surface area contributed by atoms with Crippen molar-refractivity contribution < 1.29 is 23.5 Å². The Labute approximate surface area is 139 Å². The van der Waals surface area contributed by atoms with Crippen LogP contribution in [0.5, 0.6) is 0 Å². The number of methoxy groups -OCH3 is 1. The van der Waals surface area contributed by atoms with Gasteiger partial charge in [-0.3, -0.25) is 4.79 Å². The molecule has 3 rings (SSSR count). The van der Waals surface area contributed by atoms with Gasteiger partial charge in [-0.2, -0.15) is 0 Å². The van der Waals surface area contributed by atoms with E-state index in [2.05, 4.69) is 4.74 Å². The van der Waals surface area contributed by atoms with Gasteiger partial charge in [-0.05, 0) is 35.7 Å². The SMILES string of the molecule is COC(=O)c1cccc(COC(=O)[C@@H]2C[C@@H]2c2ccccc2F)c1. The molecule has 0 spiro atoms. The molecule has 2 aromatic rings. The minimum absolute atomic E-state index is 0.0736. The summed E-state index contributed by atoms with van der Waals surface area (Å²) in [6.45, 7) is 0.0736. The molecule has 0 N–H and O–H groups in total. The summed E-state index contributed by atoms with van der Waals surface area (Å²) in [4.78, 5) is 23.6. The quantitative estimate of drug-likeness (QED) is 0.789. The van der Waals surface area contributed by atoms with Crippen LogP contribution in [-0.4, -0.2) is 19.0 Å². The summed E-state index contributed by atoms with van der Waals surface area (Å²) in [7, 11) is 1.31. The van der Waals surface area contributed by atoms with E-state index in [9.17, 15) is 14.0 Å². The smallest absolute Gasteiger partial charge is 0.337 e. The van der Waals surface area contributed by atoms with E-state index in [-0.39, 0.29) is 30.2 Å².